The van der Waals surface area contributed by atoms with Crippen LogP contribution in [0.2, 0.25) is 5.15 Å². The number of rotatable bonds is 1. The summed E-state index contributed by atoms with van der Waals surface area (Å²) in [7, 11) is 1.73. The maximum atomic E-state index is 12.5. The number of carbonyl (C=O) groups excluding carboxylic acids is 1. The van der Waals surface area contributed by atoms with Gasteiger partial charge in [-0.15, -0.1) is 0 Å². The lowest BCUT2D eigenvalue weighted by Crippen LogP contribution is -2.48. The minimum Gasteiger partial charge on any atom is -0.372 e. The quantitative estimate of drug-likeness (QED) is 0.780. The Morgan fingerprint density at radius 3 is 2.39 bits per heavy atom. The minimum absolute atomic E-state index is 0.0495. The van der Waals surface area contributed by atoms with Crippen LogP contribution in [0.5, 0.6) is 0 Å². The molecule has 0 aliphatic carbocycles. The van der Waals surface area contributed by atoms with Crippen LogP contribution >= 0.6 is 11.6 Å². The second-order valence-electron chi connectivity index (χ2n) is 4.84. The largest absolute Gasteiger partial charge is 0.372 e. The Bertz CT molecular complexity index is 462. The SMILES string of the molecule is Cc1nn(C)c(Cl)c1C(=O)N1CC(C)OC(C)C1. The molecule has 0 saturated carbocycles. The molecule has 6 heteroatoms. The Hall–Kier alpha value is -1.07. The number of aromatic nitrogens is 2. The van der Waals surface area contributed by atoms with E-state index in [0.29, 0.717) is 29.5 Å². The highest BCUT2D eigenvalue weighted by molar-refractivity contribution is 6.33. The van der Waals surface area contributed by atoms with Crippen LogP contribution in [0, 0.1) is 6.92 Å². The Labute approximate surface area is 112 Å². The molecule has 0 bridgehead atoms. The van der Waals surface area contributed by atoms with E-state index in [2.05, 4.69) is 5.10 Å². The van der Waals surface area contributed by atoms with Crippen molar-refractivity contribution in [2.45, 2.75) is 33.0 Å². The first kappa shape index (κ1) is 13.4. The first-order chi connectivity index (χ1) is 8.40. The number of ether oxygens (including phenoxy) is 1. The average molecular weight is 272 g/mol. The van der Waals surface area contributed by atoms with Gasteiger partial charge in [0.1, 0.15) is 5.15 Å². The number of morpholine rings is 1. The smallest absolute Gasteiger partial charge is 0.259 e. The first-order valence-corrected chi connectivity index (χ1v) is 6.41. The maximum Gasteiger partial charge on any atom is 0.259 e. The molecule has 1 amide bonds. The lowest BCUT2D eigenvalue weighted by Gasteiger charge is -2.35. The summed E-state index contributed by atoms with van der Waals surface area (Å²) < 4.78 is 7.15. The summed E-state index contributed by atoms with van der Waals surface area (Å²) in [6.45, 7) is 6.91. The molecule has 1 aromatic heterocycles. The molecule has 0 spiro atoms. The van der Waals surface area contributed by atoms with Crippen molar-refractivity contribution in [3.63, 3.8) is 0 Å². The van der Waals surface area contributed by atoms with Crippen LogP contribution in [0.1, 0.15) is 29.9 Å². The van der Waals surface area contributed by atoms with E-state index in [-0.39, 0.29) is 18.1 Å². The van der Waals surface area contributed by atoms with Crippen LogP contribution in [-0.4, -0.2) is 45.9 Å². The van der Waals surface area contributed by atoms with Crippen LogP contribution in [0.3, 0.4) is 0 Å². The summed E-state index contributed by atoms with van der Waals surface area (Å²) in [4.78, 5) is 14.3. The molecule has 100 valence electrons. The van der Waals surface area contributed by atoms with Crippen LogP contribution in [0.15, 0.2) is 0 Å². The lowest BCUT2D eigenvalue weighted by molar-refractivity contribution is -0.0586. The van der Waals surface area contributed by atoms with E-state index >= 15 is 0 Å². The fourth-order valence-electron chi connectivity index (χ4n) is 2.37. The Balaban J connectivity index is 2.25. The molecule has 0 aromatic carbocycles. The standard InChI is InChI=1S/C12H18ClN3O2/c1-7-5-16(6-8(2)18-7)12(17)10-9(3)14-15(4)11(10)13/h7-8H,5-6H2,1-4H3. The van der Waals surface area contributed by atoms with Gasteiger partial charge in [0.05, 0.1) is 23.5 Å². The molecule has 1 aliphatic heterocycles. The molecule has 2 unspecified atom stereocenters. The van der Waals surface area contributed by atoms with Crippen molar-refractivity contribution in [1.82, 2.24) is 14.7 Å². The van der Waals surface area contributed by atoms with Crippen molar-refractivity contribution in [1.29, 1.82) is 0 Å². The Kier molecular flexibility index (Phi) is 3.64. The van der Waals surface area contributed by atoms with Crippen molar-refractivity contribution in [3.05, 3.63) is 16.4 Å². The molecule has 2 rings (SSSR count). The van der Waals surface area contributed by atoms with Gasteiger partial charge >= 0.3 is 0 Å². The predicted molar refractivity (Wildman–Crippen MR) is 68.9 cm³/mol. The van der Waals surface area contributed by atoms with E-state index in [1.807, 2.05) is 13.8 Å². The third-order valence-corrected chi connectivity index (χ3v) is 3.51. The molecule has 0 radical (unpaired) electrons. The van der Waals surface area contributed by atoms with Crippen molar-refractivity contribution >= 4 is 17.5 Å². The fraction of sp³-hybridized carbons (Fsp3) is 0.667. The number of hydrogen-bond donors (Lipinski definition) is 0. The van der Waals surface area contributed by atoms with Gasteiger partial charge in [-0.25, -0.2) is 0 Å². The van der Waals surface area contributed by atoms with Crippen molar-refractivity contribution in [2.24, 2.45) is 7.05 Å². The first-order valence-electron chi connectivity index (χ1n) is 6.04. The Morgan fingerprint density at radius 1 is 1.39 bits per heavy atom. The van der Waals surface area contributed by atoms with Gasteiger partial charge in [-0.05, 0) is 20.8 Å². The van der Waals surface area contributed by atoms with Crippen LogP contribution in [0.4, 0.5) is 0 Å². The molecule has 1 aliphatic rings. The molecule has 2 atom stereocenters. The summed E-state index contributed by atoms with van der Waals surface area (Å²) in [6.07, 6.45) is 0.0990. The number of carbonyl (C=O) groups is 1. The van der Waals surface area contributed by atoms with E-state index < -0.39 is 0 Å². The zero-order valence-corrected chi connectivity index (χ0v) is 11.9. The van der Waals surface area contributed by atoms with Gasteiger partial charge in [0, 0.05) is 20.1 Å². The highest BCUT2D eigenvalue weighted by Gasteiger charge is 2.30. The normalized spacial score (nSPS) is 24.4. The summed E-state index contributed by atoms with van der Waals surface area (Å²) in [5.74, 6) is -0.0624. The monoisotopic (exact) mass is 271 g/mol. The van der Waals surface area contributed by atoms with Crippen molar-refractivity contribution in [2.75, 3.05) is 13.1 Å². The van der Waals surface area contributed by atoms with E-state index in [1.54, 1.807) is 18.9 Å². The highest BCUT2D eigenvalue weighted by atomic mass is 35.5. The molecule has 0 N–H and O–H groups in total. The number of amides is 1. The van der Waals surface area contributed by atoms with Crippen LogP contribution in [0.25, 0.3) is 0 Å². The van der Waals surface area contributed by atoms with Gasteiger partial charge in [-0.2, -0.15) is 5.10 Å². The molecule has 2 heterocycles. The number of nitrogens with zero attached hydrogens (tertiary/aromatic N) is 3. The second-order valence-corrected chi connectivity index (χ2v) is 5.20. The molecule has 5 nitrogen and oxygen atoms in total. The van der Waals surface area contributed by atoms with E-state index in [0.717, 1.165) is 0 Å². The summed E-state index contributed by atoms with van der Waals surface area (Å²) in [6, 6.07) is 0. The Morgan fingerprint density at radius 2 is 1.94 bits per heavy atom. The van der Waals surface area contributed by atoms with E-state index in [1.165, 1.54) is 4.68 Å². The lowest BCUT2D eigenvalue weighted by atomic mass is 10.1. The molecule has 1 aromatic rings. The van der Waals surface area contributed by atoms with Gasteiger partial charge in [0.2, 0.25) is 0 Å². The van der Waals surface area contributed by atoms with Crippen LogP contribution in [-0.2, 0) is 11.8 Å². The van der Waals surface area contributed by atoms with Gasteiger partial charge in [0.15, 0.2) is 0 Å². The van der Waals surface area contributed by atoms with Gasteiger partial charge in [0.25, 0.3) is 5.91 Å². The average Bonchev–Trinajstić information content (AvgIpc) is 2.51. The van der Waals surface area contributed by atoms with Crippen molar-refractivity contribution < 1.29 is 9.53 Å². The highest BCUT2D eigenvalue weighted by Crippen LogP contribution is 2.22. The number of hydrogen-bond acceptors (Lipinski definition) is 3. The third-order valence-electron chi connectivity index (χ3n) is 3.07. The second kappa shape index (κ2) is 4.90. The maximum absolute atomic E-state index is 12.5. The summed E-state index contributed by atoms with van der Waals surface area (Å²) in [5, 5.41) is 4.56. The van der Waals surface area contributed by atoms with Gasteiger partial charge < -0.3 is 9.64 Å². The van der Waals surface area contributed by atoms with Crippen molar-refractivity contribution in [3.8, 4) is 0 Å². The predicted octanol–water partition coefficient (Wildman–Crippen LogP) is 1.63. The number of halogens is 1. The molecule has 1 saturated heterocycles. The third kappa shape index (κ3) is 2.37. The fourth-order valence-corrected chi connectivity index (χ4v) is 2.63. The molecule has 18 heavy (non-hydrogen) atoms. The minimum atomic E-state index is -0.0624. The molecular formula is C12H18ClN3O2. The number of aryl methyl sites for hydroxylation is 2. The van der Waals surface area contributed by atoms with Crippen LogP contribution < -0.4 is 0 Å². The van der Waals surface area contributed by atoms with Gasteiger partial charge in [-0.3, -0.25) is 9.48 Å². The summed E-state index contributed by atoms with van der Waals surface area (Å²) >= 11 is 6.12. The zero-order valence-electron chi connectivity index (χ0n) is 11.1. The topological polar surface area (TPSA) is 47.4 Å². The van der Waals surface area contributed by atoms with E-state index in [4.69, 9.17) is 16.3 Å². The molecular weight excluding hydrogens is 254 g/mol. The summed E-state index contributed by atoms with van der Waals surface area (Å²) in [5.41, 5.74) is 1.17. The van der Waals surface area contributed by atoms with Gasteiger partial charge in [-0.1, -0.05) is 11.6 Å². The molecule has 1 fully saturated rings. The zero-order chi connectivity index (χ0) is 13.4. The van der Waals surface area contributed by atoms with E-state index in [9.17, 15) is 4.79 Å².